The Balaban J connectivity index is 3.23. The predicted octanol–water partition coefficient (Wildman–Crippen LogP) is 7.80. The smallest absolute Gasteiger partial charge is 0.0000305 e. The van der Waals surface area contributed by atoms with Crippen LogP contribution in [0.2, 0.25) is 0 Å². The van der Waals surface area contributed by atoms with Crippen molar-refractivity contribution in [2.75, 3.05) is 0 Å². The first-order valence-corrected chi connectivity index (χ1v) is 9.75. The van der Waals surface area contributed by atoms with E-state index in [0.717, 1.165) is 0 Å². The minimum Gasteiger partial charge on any atom is -0.0631 e. The molecule has 1 fully saturated rings. The molecule has 24 heavy (non-hydrogen) atoms. The van der Waals surface area contributed by atoms with Crippen LogP contribution >= 0.6 is 0 Å². The summed E-state index contributed by atoms with van der Waals surface area (Å²) >= 11 is 0. The molecule has 0 N–H and O–H groups in total. The summed E-state index contributed by atoms with van der Waals surface area (Å²) in [6.45, 7) is 34.9. The minimum atomic E-state index is 0.137. The fourth-order valence-electron chi connectivity index (χ4n) is 7.25. The molecule has 0 heteroatoms. The quantitative estimate of drug-likeness (QED) is 0.425. The van der Waals surface area contributed by atoms with Gasteiger partial charge in [-0.25, -0.2) is 0 Å². The van der Waals surface area contributed by atoms with Gasteiger partial charge in [0.1, 0.15) is 0 Å². The molecule has 0 radical (unpaired) electrons. The average molecular weight is 331 g/mol. The Kier molecular flexibility index (Phi) is 3.80. The number of fused-ring (bicyclic) bond motifs is 3. The molecule has 0 atom stereocenters. The molecule has 1 saturated carbocycles. The SMILES string of the molecule is CC1=C(C)C2(C)C(C)(C)C(C)(C)C(C)(C(C)=C1C)C(C)(C)C2(C)C. The molecule has 2 bridgehead atoms. The molecular formula is C24H42. The molecule has 0 amide bonds. The Morgan fingerprint density at radius 2 is 0.542 bits per heavy atom. The van der Waals surface area contributed by atoms with E-state index in [1.165, 1.54) is 11.1 Å². The van der Waals surface area contributed by atoms with Gasteiger partial charge < -0.3 is 0 Å². The largest absolute Gasteiger partial charge is 0.0631 e. The fourth-order valence-corrected chi connectivity index (χ4v) is 7.25. The van der Waals surface area contributed by atoms with Crippen LogP contribution in [0.25, 0.3) is 0 Å². The van der Waals surface area contributed by atoms with Gasteiger partial charge >= 0.3 is 0 Å². The van der Waals surface area contributed by atoms with Gasteiger partial charge in [0, 0.05) is 0 Å². The first-order valence-electron chi connectivity index (χ1n) is 9.75. The third kappa shape index (κ3) is 1.50. The van der Waals surface area contributed by atoms with Gasteiger partial charge in [-0.2, -0.15) is 0 Å². The van der Waals surface area contributed by atoms with Gasteiger partial charge in [-0.15, -0.1) is 0 Å². The average Bonchev–Trinajstić information content (AvgIpc) is 2.47. The second-order valence-corrected chi connectivity index (χ2v) is 11.2. The lowest BCUT2D eigenvalue weighted by molar-refractivity contribution is -0.270. The van der Waals surface area contributed by atoms with Crippen molar-refractivity contribution in [3.8, 4) is 0 Å². The van der Waals surface area contributed by atoms with Gasteiger partial charge in [0.15, 0.2) is 0 Å². The van der Waals surface area contributed by atoms with Crippen LogP contribution in [-0.4, -0.2) is 0 Å². The van der Waals surface area contributed by atoms with E-state index in [2.05, 4.69) is 96.9 Å². The Hall–Kier alpha value is -0.520. The molecule has 0 aromatic heterocycles. The summed E-state index contributed by atoms with van der Waals surface area (Å²) < 4.78 is 0. The molecular weight excluding hydrogens is 288 g/mol. The zero-order chi connectivity index (χ0) is 19.3. The van der Waals surface area contributed by atoms with E-state index in [4.69, 9.17) is 0 Å². The van der Waals surface area contributed by atoms with Crippen LogP contribution in [-0.2, 0) is 0 Å². The Morgan fingerprint density at radius 1 is 0.375 bits per heavy atom. The molecule has 138 valence electrons. The monoisotopic (exact) mass is 330 g/mol. The normalized spacial score (nSPS) is 39.8. The number of allylic oxidation sites excluding steroid dienone is 4. The lowest BCUT2D eigenvalue weighted by Gasteiger charge is -2.79. The predicted molar refractivity (Wildman–Crippen MR) is 108 cm³/mol. The number of hydrogen-bond acceptors (Lipinski definition) is 0. The van der Waals surface area contributed by atoms with E-state index in [9.17, 15) is 0 Å². The van der Waals surface area contributed by atoms with Crippen LogP contribution in [0.3, 0.4) is 0 Å². The summed E-state index contributed by atoms with van der Waals surface area (Å²) in [6.07, 6.45) is 0. The van der Waals surface area contributed by atoms with Crippen molar-refractivity contribution < 1.29 is 0 Å². The van der Waals surface area contributed by atoms with Gasteiger partial charge in [0.2, 0.25) is 0 Å². The van der Waals surface area contributed by atoms with Crippen molar-refractivity contribution in [2.24, 2.45) is 32.5 Å². The highest BCUT2D eigenvalue weighted by Crippen LogP contribution is 2.82. The molecule has 0 spiro atoms. The van der Waals surface area contributed by atoms with Crippen LogP contribution in [0.5, 0.6) is 0 Å². The maximum Gasteiger partial charge on any atom is -0.0000305 e. The van der Waals surface area contributed by atoms with Crippen LogP contribution in [0.4, 0.5) is 0 Å². The van der Waals surface area contributed by atoms with Gasteiger partial charge in [-0.05, 0) is 71.3 Å². The maximum atomic E-state index is 2.56. The van der Waals surface area contributed by atoms with Crippen LogP contribution < -0.4 is 0 Å². The summed E-state index contributed by atoms with van der Waals surface area (Å²) in [6, 6.07) is 0. The second-order valence-electron chi connectivity index (χ2n) is 11.2. The van der Waals surface area contributed by atoms with Crippen LogP contribution in [0.1, 0.15) is 96.9 Å². The molecule has 0 heterocycles. The summed E-state index contributed by atoms with van der Waals surface area (Å²) in [5, 5.41) is 0. The maximum absolute atomic E-state index is 2.56. The van der Waals surface area contributed by atoms with E-state index < -0.39 is 0 Å². The van der Waals surface area contributed by atoms with Crippen molar-refractivity contribution in [2.45, 2.75) is 96.9 Å². The van der Waals surface area contributed by atoms with Crippen molar-refractivity contribution in [3.63, 3.8) is 0 Å². The van der Waals surface area contributed by atoms with E-state index in [1.54, 1.807) is 11.1 Å². The zero-order valence-electron chi connectivity index (χ0n) is 19.0. The Bertz CT molecular complexity index is 558. The number of rotatable bonds is 0. The lowest BCUT2D eigenvalue weighted by Crippen LogP contribution is -2.73. The zero-order valence-corrected chi connectivity index (χ0v) is 19.0. The first kappa shape index (κ1) is 19.8. The van der Waals surface area contributed by atoms with E-state index in [0.29, 0.717) is 0 Å². The minimum absolute atomic E-state index is 0.137. The standard InChI is InChI=1S/C24H42/c1-15-16(2)18(4)24(14)21(9,10)19(5,6)23(13,17(15)3)20(7,8)22(24,11)12/h1-14H3. The molecule has 0 aromatic rings. The Morgan fingerprint density at radius 3 is 0.708 bits per heavy atom. The molecule has 3 rings (SSSR count). The molecule has 3 aliphatic carbocycles. The third-order valence-electron chi connectivity index (χ3n) is 11.3. The topological polar surface area (TPSA) is 0 Å². The summed E-state index contributed by atoms with van der Waals surface area (Å²) in [5.41, 5.74) is 7.23. The van der Waals surface area contributed by atoms with Crippen LogP contribution in [0.15, 0.2) is 22.3 Å². The second kappa shape index (κ2) is 4.60. The van der Waals surface area contributed by atoms with E-state index in [1.807, 2.05) is 0 Å². The summed E-state index contributed by atoms with van der Waals surface area (Å²) in [4.78, 5) is 0. The Labute approximate surface area is 152 Å². The fraction of sp³-hybridized carbons (Fsp3) is 0.833. The molecule has 0 saturated heterocycles. The summed E-state index contributed by atoms with van der Waals surface area (Å²) in [5.74, 6) is 0. The highest BCUT2D eigenvalue weighted by molar-refractivity contribution is 5.48. The van der Waals surface area contributed by atoms with Gasteiger partial charge in [-0.3, -0.25) is 0 Å². The first-order chi connectivity index (χ1) is 10.4. The molecule has 0 aromatic carbocycles. The van der Waals surface area contributed by atoms with Crippen molar-refractivity contribution >= 4 is 0 Å². The van der Waals surface area contributed by atoms with Crippen molar-refractivity contribution in [1.82, 2.24) is 0 Å². The third-order valence-corrected chi connectivity index (χ3v) is 11.3. The lowest BCUT2D eigenvalue weighted by atomic mass is 9.25. The van der Waals surface area contributed by atoms with Crippen LogP contribution in [0, 0.1) is 32.5 Å². The van der Waals surface area contributed by atoms with Gasteiger partial charge in [0.25, 0.3) is 0 Å². The summed E-state index contributed by atoms with van der Waals surface area (Å²) in [7, 11) is 0. The highest BCUT2D eigenvalue weighted by Gasteiger charge is 2.76. The van der Waals surface area contributed by atoms with Gasteiger partial charge in [-0.1, -0.05) is 80.4 Å². The molecule has 0 nitrogen and oxygen atoms in total. The van der Waals surface area contributed by atoms with Crippen molar-refractivity contribution in [3.05, 3.63) is 22.3 Å². The van der Waals surface area contributed by atoms with Crippen molar-refractivity contribution in [1.29, 1.82) is 0 Å². The molecule has 0 unspecified atom stereocenters. The number of hydrogen-bond donors (Lipinski definition) is 0. The van der Waals surface area contributed by atoms with E-state index >= 15 is 0 Å². The molecule has 0 aliphatic heterocycles. The van der Waals surface area contributed by atoms with E-state index in [-0.39, 0.29) is 32.5 Å². The molecule has 3 aliphatic rings. The van der Waals surface area contributed by atoms with Gasteiger partial charge in [0.05, 0.1) is 0 Å². The highest BCUT2D eigenvalue weighted by atomic mass is 14.8.